The summed E-state index contributed by atoms with van der Waals surface area (Å²) in [7, 11) is -3.08. The van der Waals surface area contributed by atoms with Gasteiger partial charge in [0.1, 0.15) is 0 Å². The van der Waals surface area contributed by atoms with Crippen LogP contribution in [0.1, 0.15) is 17.2 Å². The van der Waals surface area contributed by atoms with Gasteiger partial charge in [-0.15, -0.1) is 0 Å². The standard InChI is InChI=1S/C13H17F3N2O2S/c14-13(15,16)11-4-2-1-3-10(11)12(9-17)18-5-7-21(19,20)8-6-18/h1-4,12H,5-9,17H2. The van der Waals surface area contributed by atoms with Gasteiger partial charge in [-0.1, -0.05) is 18.2 Å². The molecule has 0 spiro atoms. The molecule has 1 unspecified atom stereocenters. The van der Waals surface area contributed by atoms with Gasteiger partial charge in [-0.2, -0.15) is 13.2 Å². The van der Waals surface area contributed by atoms with Gasteiger partial charge in [0.2, 0.25) is 0 Å². The second-order valence-corrected chi connectivity index (χ2v) is 7.33. The highest BCUT2D eigenvalue weighted by atomic mass is 32.2. The highest BCUT2D eigenvalue weighted by molar-refractivity contribution is 7.91. The molecule has 8 heteroatoms. The van der Waals surface area contributed by atoms with Gasteiger partial charge in [0.15, 0.2) is 9.84 Å². The molecule has 21 heavy (non-hydrogen) atoms. The lowest BCUT2D eigenvalue weighted by molar-refractivity contribution is -0.138. The Balaban J connectivity index is 2.31. The molecule has 1 aromatic carbocycles. The molecule has 2 rings (SSSR count). The molecule has 0 radical (unpaired) electrons. The topological polar surface area (TPSA) is 63.4 Å². The Bertz CT molecular complexity index is 588. The van der Waals surface area contributed by atoms with Crippen molar-refractivity contribution in [3.05, 3.63) is 35.4 Å². The minimum Gasteiger partial charge on any atom is -0.329 e. The molecule has 0 saturated carbocycles. The number of hydrogen-bond donors (Lipinski definition) is 1. The van der Waals surface area contributed by atoms with E-state index in [0.29, 0.717) is 0 Å². The number of nitrogens with zero attached hydrogens (tertiary/aromatic N) is 1. The van der Waals surface area contributed by atoms with Crippen LogP contribution in [0.3, 0.4) is 0 Å². The number of sulfone groups is 1. The largest absolute Gasteiger partial charge is 0.416 e. The van der Waals surface area contributed by atoms with Crippen LogP contribution in [0.5, 0.6) is 0 Å². The van der Waals surface area contributed by atoms with Crippen LogP contribution < -0.4 is 5.73 Å². The fourth-order valence-corrected chi connectivity index (χ4v) is 3.79. The Labute approximate surface area is 121 Å². The van der Waals surface area contributed by atoms with E-state index in [-0.39, 0.29) is 36.7 Å². The van der Waals surface area contributed by atoms with Gasteiger partial charge < -0.3 is 5.73 Å². The predicted molar refractivity (Wildman–Crippen MR) is 73.5 cm³/mol. The van der Waals surface area contributed by atoms with Crippen LogP contribution >= 0.6 is 0 Å². The number of hydrogen-bond acceptors (Lipinski definition) is 4. The predicted octanol–water partition coefficient (Wildman–Crippen LogP) is 1.44. The molecule has 1 fully saturated rings. The molecule has 1 atom stereocenters. The van der Waals surface area contributed by atoms with Crippen molar-refractivity contribution < 1.29 is 21.6 Å². The molecule has 4 nitrogen and oxygen atoms in total. The van der Waals surface area contributed by atoms with Crippen LogP contribution in [0, 0.1) is 0 Å². The average molecular weight is 322 g/mol. The van der Waals surface area contributed by atoms with Crippen molar-refractivity contribution in [2.45, 2.75) is 12.2 Å². The fourth-order valence-electron chi connectivity index (χ4n) is 2.56. The summed E-state index contributed by atoms with van der Waals surface area (Å²) < 4.78 is 62.1. The second-order valence-electron chi connectivity index (χ2n) is 5.02. The molecule has 1 heterocycles. The third kappa shape index (κ3) is 3.75. The lowest BCUT2D eigenvalue weighted by atomic mass is 9.98. The van der Waals surface area contributed by atoms with Gasteiger partial charge in [-0.25, -0.2) is 8.42 Å². The summed E-state index contributed by atoms with van der Waals surface area (Å²) in [5, 5.41) is 0. The van der Waals surface area contributed by atoms with Crippen molar-refractivity contribution in [3.8, 4) is 0 Å². The van der Waals surface area contributed by atoms with E-state index in [1.165, 1.54) is 18.2 Å². The maximum Gasteiger partial charge on any atom is 0.416 e. The van der Waals surface area contributed by atoms with Crippen molar-refractivity contribution >= 4 is 9.84 Å². The van der Waals surface area contributed by atoms with Crippen molar-refractivity contribution in [1.29, 1.82) is 0 Å². The normalized spacial score (nSPS) is 21.1. The summed E-state index contributed by atoms with van der Waals surface area (Å²) in [5.41, 5.74) is 5.05. The molecular weight excluding hydrogens is 305 g/mol. The lowest BCUT2D eigenvalue weighted by Crippen LogP contribution is -2.44. The third-order valence-corrected chi connectivity index (χ3v) is 5.28. The van der Waals surface area contributed by atoms with E-state index in [2.05, 4.69) is 0 Å². The Kier molecular flexibility index (Phi) is 4.60. The summed E-state index contributed by atoms with van der Waals surface area (Å²) in [6, 6.07) is 4.68. The SMILES string of the molecule is NCC(c1ccccc1C(F)(F)F)N1CCS(=O)(=O)CC1. The van der Waals surface area contributed by atoms with E-state index in [0.717, 1.165) is 6.07 Å². The first-order chi connectivity index (χ1) is 9.74. The van der Waals surface area contributed by atoms with Crippen LogP contribution in [-0.4, -0.2) is 44.5 Å². The van der Waals surface area contributed by atoms with Crippen molar-refractivity contribution in [2.24, 2.45) is 5.73 Å². The van der Waals surface area contributed by atoms with E-state index in [4.69, 9.17) is 5.73 Å². The summed E-state index contributed by atoms with van der Waals surface area (Å²) in [5.74, 6) is -0.0879. The third-order valence-electron chi connectivity index (χ3n) is 3.67. The van der Waals surface area contributed by atoms with E-state index in [9.17, 15) is 21.6 Å². The number of halogens is 3. The monoisotopic (exact) mass is 322 g/mol. The van der Waals surface area contributed by atoms with Gasteiger partial charge in [0.05, 0.1) is 17.1 Å². The average Bonchev–Trinajstić information content (AvgIpc) is 2.41. The number of rotatable bonds is 3. The summed E-state index contributed by atoms with van der Waals surface area (Å²) in [4.78, 5) is 1.71. The van der Waals surface area contributed by atoms with Gasteiger partial charge in [0, 0.05) is 25.7 Å². The second kappa shape index (κ2) is 5.94. The first-order valence-corrected chi connectivity index (χ1v) is 8.37. The van der Waals surface area contributed by atoms with Crippen molar-refractivity contribution in [2.75, 3.05) is 31.1 Å². The van der Waals surface area contributed by atoms with Crippen molar-refractivity contribution in [3.63, 3.8) is 0 Å². The molecular formula is C13H17F3N2O2S. The van der Waals surface area contributed by atoms with Crippen LogP contribution in [-0.2, 0) is 16.0 Å². The molecule has 1 saturated heterocycles. The number of nitrogens with two attached hydrogens (primary N) is 1. The molecule has 0 bridgehead atoms. The van der Waals surface area contributed by atoms with E-state index in [1.54, 1.807) is 4.90 Å². The molecule has 0 aromatic heterocycles. The van der Waals surface area contributed by atoms with Gasteiger partial charge >= 0.3 is 6.18 Å². The molecule has 118 valence electrons. The highest BCUT2D eigenvalue weighted by Gasteiger charge is 2.37. The van der Waals surface area contributed by atoms with E-state index < -0.39 is 27.6 Å². The Morgan fingerprint density at radius 2 is 1.76 bits per heavy atom. The smallest absolute Gasteiger partial charge is 0.329 e. The van der Waals surface area contributed by atoms with E-state index in [1.807, 2.05) is 0 Å². The Morgan fingerprint density at radius 3 is 2.29 bits per heavy atom. The maximum absolute atomic E-state index is 13.1. The van der Waals surface area contributed by atoms with Crippen LogP contribution in [0.2, 0.25) is 0 Å². The maximum atomic E-state index is 13.1. The molecule has 2 N–H and O–H groups in total. The van der Waals surface area contributed by atoms with Gasteiger partial charge in [-0.05, 0) is 11.6 Å². The fraction of sp³-hybridized carbons (Fsp3) is 0.538. The van der Waals surface area contributed by atoms with Crippen LogP contribution in [0.4, 0.5) is 13.2 Å². The first kappa shape index (κ1) is 16.3. The van der Waals surface area contributed by atoms with Gasteiger partial charge in [-0.3, -0.25) is 4.90 Å². The number of benzene rings is 1. The minimum absolute atomic E-state index is 0.00708. The highest BCUT2D eigenvalue weighted by Crippen LogP contribution is 2.36. The van der Waals surface area contributed by atoms with E-state index >= 15 is 0 Å². The van der Waals surface area contributed by atoms with Crippen LogP contribution in [0.15, 0.2) is 24.3 Å². The zero-order valence-electron chi connectivity index (χ0n) is 11.3. The number of alkyl halides is 3. The molecule has 1 aromatic rings. The quantitative estimate of drug-likeness (QED) is 0.914. The van der Waals surface area contributed by atoms with Crippen molar-refractivity contribution in [1.82, 2.24) is 4.90 Å². The summed E-state index contributed by atoms with van der Waals surface area (Å²) in [6.45, 7) is 0.417. The van der Waals surface area contributed by atoms with Gasteiger partial charge in [0.25, 0.3) is 0 Å². The summed E-state index contributed by atoms with van der Waals surface area (Å²) >= 11 is 0. The molecule has 1 aliphatic rings. The lowest BCUT2D eigenvalue weighted by Gasteiger charge is -2.35. The zero-order chi connectivity index (χ0) is 15.7. The zero-order valence-corrected chi connectivity index (χ0v) is 12.1. The Morgan fingerprint density at radius 1 is 1.19 bits per heavy atom. The molecule has 0 amide bonds. The first-order valence-electron chi connectivity index (χ1n) is 6.55. The molecule has 0 aliphatic carbocycles. The minimum atomic E-state index is -4.45. The summed E-state index contributed by atoms with van der Waals surface area (Å²) in [6.07, 6.45) is -4.45. The Hall–Kier alpha value is -1.12. The molecule has 1 aliphatic heterocycles. The van der Waals surface area contributed by atoms with Crippen LogP contribution in [0.25, 0.3) is 0 Å².